The molecule has 15 heavy (non-hydrogen) atoms. The van der Waals surface area contributed by atoms with Crippen LogP contribution in [0.25, 0.3) is 16.7 Å². The third-order valence-corrected chi connectivity index (χ3v) is 2.91. The third kappa shape index (κ3) is 1.10. The van der Waals surface area contributed by atoms with E-state index in [9.17, 15) is 0 Å². The summed E-state index contributed by atoms with van der Waals surface area (Å²) in [6, 6.07) is 14.3. The number of fused-ring (bicyclic) bond motifs is 3. The first-order chi connectivity index (χ1) is 7.27. The van der Waals surface area contributed by atoms with Gasteiger partial charge in [0.1, 0.15) is 7.85 Å². The molecule has 0 nitrogen and oxygen atoms in total. The van der Waals surface area contributed by atoms with Gasteiger partial charge in [-0.15, -0.1) is 0 Å². The fourth-order valence-corrected chi connectivity index (χ4v) is 2.17. The lowest BCUT2D eigenvalue weighted by Crippen LogP contribution is -2.01. The molecule has 2 aromatic rings. The highest BCUT2D eigenvalue weighted by atomic mass is 14.2. The summed E-state index contributed by atoms with van der Waals surface area (Å²) in [7, 11) is 5.79. The minimum absolute atomic E-state index is 0.794. The maximum absolute atomic E-state index is 5.79. The van der Waals surface area contributed by atoms with Crippen molar-refractivity contribution < 1.29 is 0 Å². The Hall–Kier alpha value is -1.76. The molecule has 2 aromatic carbocycles. The van der Waals surface area contributed by atoms with Crippen LogP contribution in [0.4, 0.5) is 0 Å². The molecule has 0 fully saturated rings. The summed E-state index contributed by atoms with van der Waals surface area (Å²) in [5.41, 5.74) is 6.76. The summed E-state index contributed by atoms with van der Waals surface area (Å²) < 4.78 is 0. The molecule has 1 aliphatic rings. The first-order valence-corrected chi connectivity index (χ1v) is 4.96. The zero-order valence-corrected chi connectivity index (χ0v) is 8.33. The summed E-state index contributed by atoms with van der Waals surface area (Å²) in [5, 5.41) is 0. The number of benzene rings is 2. The van der Waals surface area contributed by atoms with E-state index in [4.69, 9.17) is 7.85 Å². The highest BCUT2D eigenvalue weighted by molar-refractivity contribution is 6.32. The first kappa shape index (κ1) is 8.54. The molecule has 2 radical (unpaired) electrons. The van der Waals surface area contributed by atoms with Gasteiger partial charge in [0, 0.05) is 0 Å². The van der Waals surface area contributed by atoms with E-state index < -0.39 is 0 Å². The average Bonchev–Trinajstić information content (AvgIpc) is 2.54. The molecule has 0 spiro atoms. The summed E-state index contributed by atoms with van der Waals surface area (Å²) in [4.78, 5) is 0. The molecule has 0 aliphatic heterocycles. The van der Waals surface area contributed by atoms with Crippen LogP contribution in [0, 0.1) is 0 Å². The molecule has 0 bridgehead atoms. The van der Waals surface area contributed by atoms with Crippen molar-refractivity contribution in [1.82, 2.24) is 0 Å². The van der Waals surface area contributed by atoms with Gasteiger partial charge in [-0.2, -0.15) is 0 Å². The molecule has 0 aromatic heterocycles. The second-order valence-electron chi connectivity index (χ2n) is 3.83. The van der Waals surface area contributed by atoms with Crippen molar-refractivity contribution in [1.29, 1.82) is 0 Å². The molecule has 0 heterocycles. The Morgan fingerprint density at radius 1 is 0.800 bits per heavy atom. The van der Waals surface area contributed by atoms with Crippen LogP contribution >= 0.6 is 0 Å². The number of hydrogen-bond donors (Lipinski definition) is 0. The zero-order valence-electron chi connectivity index (χ0n) is 8.33. The van der Waals surface area contributed by atoms with Gasteiger partial charge < -0.3 is 0 Å². The van der Waals surface area contributed by atoms with E-state index in [-0.39, 0.29) is 0 Å². The monoisotopic (exact) mass is 188 g/mol. The van der Waals surface area contributed by atoms with Crippen LogP contribution in [0.2, 0.25) is 0 Å². The quantitative estimate of drug-likeness (QED) is 0.475. The predicted molar refractivity (Wildman–Crippen MR) is 65.4 cm³/mol. The van der Waals surface area contributed by atoms with E-state index in [1.165, 1.54) is 16.7 Å². The minimum atomic E-state index is 0.794. The van der Waals surface area contributed by atoms with Gasteiger partial charge in [-0.3, -0.25) is 0 Å². The normalized spacial score (nSPS) is 12.4. The van der Waals surface area contributed by atoms with Crippen molar-refractivity contribution in [2.75, 3.05) is 0 Å². The Bertz CT molecular complexity index is 567. The van der Waals surface area contributed by atoms with Crippen LogP contribution in [-0.2, 0) is 0 Å². The topological polar surface area (TPSA) is 0 Å². The molecule has 0 amide bonds. The number of rotatable bonds is 0. The zero-order chi connectivity index (χ0) is 10.4. The summed E-state index contributed by atoms with van der Waals surface area (Å²) in [6.45, 7) is 4.12. The van der Waals surface area contributed by atoms with E-state index in [1.807, 2.05) is 18.2 Å². The van der Waals surface area contributed by atoms with Crippen molar-refractivity contribution in [3.63, 3.8) is 0 Å². The molecule has 68 valence electrons. The fourth-order valence-electron chi connectivity index (χ4n) is 2.17. The Kier molecular flexibility index (Phi) is 1.63. The highest BCUT2D eigenvalue weighted by Crippen LogP contribution is 2.42. The van der Waals surface area contributed by atoms with Gasteiger partial charge in [-0.1, -0.05) is 54.5 Å². The molecule has 1 aliphatic carbocycles. The minimum Gasteiger partial charge on any atom is -0.0960 e. The Morgan fingerprint density at radius 2 is 1.47 bits per heavy atom. The second kappa shape index (κ2) is 2.87. The van der Waals surface area contributed by atoms with Gasteiger partial charge in [0.2, 0.25) is 0 Å². The smallest absolute Gasteiger partial charge is 0.0960 e. The lowest BCUT2D eigenvalue weighted by Gasteiger charge is -2.01. The average molecular weight is 188 g/mol. The van der Waals surface area contributed by atoms with Gasteiger partial charge in [0.15, 0.2) is 0 Å². The Labute approximate surface area is 90.7 Å². The van der Waals surface area contributed by atoms with Crippen molar-refractivity contribution in [3.8, 4) is 11.1 Å². The van der Waals surface area contributed by atoms with Crippen LogP contribution in [-0.4, -0.2) is 7.85 Å². The van der Waals surface area contributed by atoms with Crippen molar-refractivity contribution in [2.24, 2.45) is 0 Å². The molecule has 0 atom stereocenters. The van der Waals surface area contributed by atoms with Crippen LogP contribution in [0.3, 0.4) is 0 Å². The SMILES string of the molecule is [B]c1ccc2c(c1)C(=C)c1ccccc1-2. The van der Waals surface area contributed by atoms with E-state index in [1.54, 1.807) is 0 Å². The maximum Gasteiger partial charge on any atom is 0.113 e. The van der Waals surface area contributed by atoms with Crippen LogP contribution in [0.15, 0.2) is 49.0 Å². The van der Waals surface area contributed by atoms with Gasteiger partial charge in [-0.05, 0) is 27.8 Å². The lowest BCUT2D eigenvalue weighted by molar-refractivity contribution is 1.66. The molecule has 0 unspecified atom stereocenters. The number of hydrogen-bond acceptors (Lipinski definition) is 0. The second-order valence-corrected chi connectivity index (χ2v) is 3.83. The van der Waals surface area contributed by atoms with Gasteiger partial charge >= 0.3 is 0 Å². The summed E-state index contributed by atoms with van der Waals surface area (Å²) in [5.74, 6) is 0. The predicted octanol–water partition coefficient (Wildman–Crippen LogP) is 2.52. The standard InChI is InChI=1S/C14H9B/c1-9-11-4-2-3-5-12(11)13-7-6-10(15)8-14(9)13/h2-8H,1H2. The largest absolute Gasteiger partial charge is 0.113 e. The Morgan fingerprint density at radius 3 is 2.27 bits per heavy atom. The summed E-state index contributed by atoms with van der Waals surface area (Å²) in [6.07, 6.45) is 0. The summed E-state index contributed by atoms with van der Waals surface area (Å²) >= 11 is 0. The molecule has 1 heteroatoms. The van der Waals surface area contributed by atoms with E-state index in [0.29, 0.717) is 0 Å². The first-order valence-electron chi connectivity index (χ1n) is 4.96. The van der Waals surface area contributed by atoms with Crippen LogP contribution in [0.1, 0.15) is 11.1 Å². The van der Waals surface area contributed by atoms with Crippen LogP contribution in [0.5, 0.6) is 0 Å². The molecule has 0 N–H and O–H groups in total. The van der Waals surface area contributed by atoms with Gasteiger partial charge in [0.05, 0.1) is 0 Å². The molecular weight excluding hydrogens is 179 g/mol. The molecule has 3 rings (SSSR count). The van der Waals surface area contributed by atoms with Crippen molar-refractivity contribution in [2.45, 2.75) is 0 Å². The van der Waals surface area contributed by atoms with Crippen LogP contribution < -0.4 is 5.46 Å². The molecule has 0 saturated carbocycles. The van der Waals surface area contributed by atoms with E-state index in [0.717, 1.165) is 16.6 Å². The van der Waals surface area contributed by atoms with Gasteiger partial charge in [0.25, 0.3) is 0 Å². The fraction of sp³-hybridized carbons (Fsp3) is 0. The Balaban J connectivity index is 2.38. The van der Waals surface area contributed by atoms with E-state index in [2.05, 4.69) is 30.8 Å². The third-order valence-electron chi connectivity index (χ3n) is 2.91. The molecule has 0 saturated heterocycles. The lowest BCUT2D eigenvalue weighted by atomic mass is 9.91. The maximum atomic E-state index is 5.79. The molecular formula is C14H9B. The van der Waals surface area contributed by atoms with Crippen molar-refractivity contribution >= 4 is 18.9 Å². The van der Waals surface area contributed by atoms with E-state index >= 15 is 0 Å². The van der Waals surface area contributed by atoms with Gasteiger partial charge in [-0.25, -0.2) is 0 Å². The van der Waals surface area contributed by atoms with Crippen molar-refractivity contribution in [3.05, 3.63) is 60.2 Å². The highest BCUT2D eigenvalue weighted by Gasteiger charge is 2.20.